The van der Waals surface area contributed by atoms with Crippen LogP contribution in [0.15, 0.2) is 24.3 Å². The molecule has 2 aliphatic heterocycles. The zero-order valence-electron chi connectivity index (χ0n) is 12.8. The summed E-state index contributed by atoms with van der Waals surface area (Å²) in [5.41, 5.74) is 1.18. The maximum absolute atomic E-state index is 12.8. The lowest BCUT2D eigenvalue weighted by Gasteiger charge is -2.41. The van der Waals surface area contributed by atoms with E-state index in [9.17, 15) is 8.42 Å². The Hall–Kier alpha value is -1.42. The average Bonchev–Trinajstić information content (AvgIpc) is 2.93. The molecule has 0 aromatic heterocycles. The van der Waals surface area contributed by atoms with E-state index >= 15 is 0 Å². The molecule has 3 rings (SSSR count). The zero-order valence-corrected chi connectivity index (χ0v) is 13.6. The van der Waals surface area contributed by atoms with Crippen LogP contribution in [0.25, 0.3) is 0 Å². The topological polar surface area (TPSA) is 64.4 Å². The highest BCUT2D eigenvalue weighted by molar-refractivity contribution is 7.88. The minimum Gasteiger partial charge on any atom is -0.297 e. The average molecular weight is 319 g/mol. The normalized spacial score (nSPS) is 26.5. The minimum atomic E-state index is -3.35. The van der Waals surface area contributed by atoms with Gasteiger partial charge in [-0.2, -0.15) is 9.57 Å². The number of nitriles is 1. The van der Waals surface area contributed by atoms with Gasteiger partial charge in [0, 0.05) is 25.2 Å². The van der Waals surface area contributed by atoms with Crippen molar-refractivity contribution in [1.29, 1.82) is 5.26 Å². The van der Waals surface area contributed by atoms with Gasteiger partial charge in [0.1, 0.15) is 0 Å². The van der Waals surface area contributed by atoms with Gasteiger partial charge in [-0.05, 0) is 44.0 Å². The van der Waals surface area contributed by atoms with E-state index in [0.717, 1.165) is 25.9 Å². The number of nitrogens with zero attached hydrogens (tertiary/aromatic N) is 3. The summed E-state index contributed by atoms with van der Waals surface area (Å²) in [6.45, 7) is 4.49. The molecular formula is C16H21N3O2S. The number of fused-ring (bicyclic) bond motifs is 1. The van der Waals surface area contributed by atoms with E-state index in [1.54, 1.807) is 28.6 Å². The number of rotatable bonds is 3. The molecule has 2 aliphatic rings. The summed E-state index contributed by atoms with van der Waals surface area (Å²) >= 11 is 0. The Morgan fingerprint density at radius 1 is 1.36 bits per heavy atom. The van der Waals surface area contributed by atoms with Crippen LogP contribution in [0.4, 0.5) is 0 Å². The summed E-state index contributed by atoms with van der Waals surface area (Å²) in [7, 11) is -3.35. The first-order chi connectivity index (χ1) is 10.5. The van der Waals surface area contributed by atoms with Gasteiger partial charge < -0.3 is 0 Å². The third-order valence-corrected chi connectivity index (χ3v) is 6.56. The second-order valence-corrected chi connectivity index (χ2v) is 8.20. The molecule has 22 heavy (non-hydrogen) atoms. The fourth-order valence-electron chi connectivity index (χ4n) is 3.57. The molecule has 0 aliphatic carbocycles. The minimum absolute atomic E-state index is 0.0125. The van der Waals surface area contributed by atoms with Crippen molar-refractivity contribution in [3.8, 4) is 6.07 Å². The fraction of sp³-hybridized carbons (Fsp3) is 0.562. The molecule has 2 heterocycles. The number of benzene rings is 1. The molecule has 2 fully saturated rings. The third-order valence-electron chi connectivity index (χ3n) is 4.64. The predicted octanol–water partition coefficient (Wildman–Crippen LogP) is 1.56. The van der Waals surface area contributed by atoms with Crippen molar-refractivity contribution < 1.29 is 8.42 Å². The van der Waals surface area contributed by atoms with E-state index in [1.165, 1.54) is 0 Å². The molecule has 6 heteroatoms. The Balaban J connectivity index is 1.78. The van der Waals surface area contributed by atoms with Crippen molar-refractivity contribution in [1.82, 2.24) is 9.21 Å². The molecule has 5 nitrogen and oxygen atoms in total. The summed E-state index contributed by atoms with van der Waals surface area (Å²) in [5.74, 6) is -0.0282. The van der Waals surface area contributed by atoms with Crippen molar-refractivity contribution in [2.75, 3.05) is 19.6 Å². The van der Waals surface area contributed by atoms with Gasteiger partial charge >= 0.3 is 0 Å². The largest absolute Gasteiger partial charge is 0.297 e. The second kappa shape index (κ2) is 5.99. The van der Waals surface area contributed by atoms with Crippen LogP contribution < -0.4 is 0 Å². The maximum Gasteiger partial charge on any atom is 0.218 e. The van der Waals surface area contributed by atoms with Crippen LogP contribution >= 0.6 is 0 Å². The first-order valence-corrected chi connectivity index (χ1v) is 9.33. The van der Waals surface area contributed by atoms with Gasteiger partial charge in [0.2, 0.25) is 10.0 Å². The van der Waals surface area contributed by atoms with Crippen molar-refractivity contribution in [3.63, 3.8) is 0 Å². The number of hydrogen-bond donors (Lipinski definition) is 0. The summed E-state index contributed by atoms with van der Waals surface area (Å²) in [5, 5.41) is 8.94. The van der Waals surface area contributed by atoms with Crippen LogP contribution in [-0.2, 0) is 15.8 Å². The molecule has 2 saturated heterocycles. The first kappa shape index (κ1) is 15.5. The number of sulfonamides is 1. The molecule has 1 aromatic rings. The molecule has 0 radical (unpaired) electrons. The summed E-state index contributed by atoms with van der Waals surface area (Å²) < 4.78 is 27.2. The molecule has 0 unspecified atom stereocenters. The SMILES string of the molecule is C[C@H]1CN2CCC[C@@H]2CN1S(=O)(=O)Cc1cccc(C#N)c1. The van der Waals surface area contributed by atoms with E-state index in [4.69, 9.17) is 5.26 Å². The Kier molecular flexibility index (Phi) is 4.22. The van der Waals surface area contributed by atoms with E-state index < -0.39 is 10.0 Å². The molecule has 118 valence electrons. The first-order valence-electron chi connectivity index (χ1n) is 7.72. The van der Waals surface area contributed by atoms with Crippen molar-refractivity contribution in [3.05, 3.63) is 35.4 Å². The molecule has 1 aromatic carbocycles. The Morgan fingerprint density at radius 3 is 2.95 bits per heavy atom. The van der Waals surface area contributed by atoms with Gasteiger partial charge in [-0.3, -0.25) is 4.90 Å². The van der Waals surface area contributed by atoms with Gasteiger partial charge in [-0.15, -0.1) is 0 Å². The standard InChI is InChI=1S/C16H21N3O2S/c1-13-10-18-7-3-6-16(18)11-19(13)22(20,21)12-15-5-2-4-14(8-15)9-17/h2,4-5,8,13,16H,3,6-7,10-12H2,1H3/t13-,16+/m0/s1. The number of hydrogen-bond acceptors (Lipinski definition) is 4. The smallest absolute Gasteiger partial charge is 0.218 e. The lowest BCUT2D eigenvalue weighted by molar-refractivity contribution is 0.117. The summed E-state index contributed by atoms with van der Waals surface area (Å²) in [6.07, 6.45) is 2.25. The highest BCUT2D eigenvalue weighted by Crippen LogP contribution is 2.27. The van der Waals surface area contributed by atoms with E-state index in [-0.39, 0.29) is 11.8 Å². The lowest BCUT2D eigenvalue weighted by Crippen LogP contribution is -2.56. The molecule has 0 amide bonds. The van der Waals surface area contributed by atoms with Crippen LogP contribution in [0.5, 0.6) is 0 Å². The van der Waals surface area contributed by atoms with E-state index in [2.05, 4.69) is 11.0 Å². The fourth-order valence-corrected chi connectivity index (χ4v) is 5.35. The van der Waals surface area contributed by atoms with Gasteiger partial charge in [0.05, 0.1) is 17.4 Å². The quantitative estimate of drug-likeness (QED) is 0.848. The van der Waals surface area contributed by atoms with Gasteiger partial charge in [0.25, 0.3) is 0 Å². The van der Waals surface area contributed by atoms with Crippen LogP contribution in [0.2, 0.25) is 0 Å². The van der Waals surface area contributed by atoms with Crippen LogP contribution in [0.1, 0.15) is 30.9 Å². The molecule has 0 saturated carbocycles. The second-order valence-electron chi connectivity index (χ2n) is 6.28. The van der Waals surface area contributed by atoms with Gasteiger partial charge in [0.15, 0.2) is 0 Å². The third kappa shape index (κ3) is 3.02. The van der Waals surface area contributed by atoms with Crippen molar-refractivity contribution >= 4 is 10.0 Å². The molecular weight excluding hydrogens is 298 g/mol. The monoisotopic (exact) mass is 319 g/mol. The summed E-state index contributed by atoms with van der Waals surface area (Å²) in [6, 6.07) is 9.30. The molecule has 2 atom stereocenters. The molecule has 0 bridgehead atoms. The van der Waals surface area contributed by atoms with E-state index in [1.807, 2.05) is 6.92 Å². The van der Waals surface area contributed by atoms with Crippen LogP contribution in [0, 0.1) is 11.3 Å². The summed E-state index contributed by atoms with van der Waals surface area (Å²) in [4.78, 5) is 2.41. The van der Waals surface area contributed by atoms with Crippen molar-refractivity contribution in [2.24, 2.45) is 0 Å². The zero-order chi connectivity index (χ0) is 15.7. The van der Waals surface area contributed by atoms with Crippen molar-refractivity contribution in [2.45, 2.75) is 37.6 Å². The predicted molar refractivity (Wildman–Crippen MR) is 84.5 cm³/mol. The highest BCUT2D eigenvalue weighted by atomic mass is 32.2. The van der Waals surface area contributed by atoms with Gasteiger partial charge in [-0.1, -0.05) is 12.1 Å². The Bertz CT molecular complexity index is 696. The van der Waals surface area contributed by atoms with E-state index in [0.29, 0.717) is 23.7 Å². The lowest BCUT2D eigenvalue weighted by atomic mass is 10.1. The highest BCUT2D eigenvalue weighted by Gasteiger charge is 2.39. The van der Waals surface area contributed by atoms with Crippen LogP contribution in [-0.4, -0.2) is 49.3 Å². The maximum atomic E-state index is 12.8. The molecule has 0 N–H and O–H groups in total. The Morgan fingerprint density at radius 2 is 2.18 bits per heavy atom. The molecule has 0 spiro atoms. The Labute approximate surface area is 132 Å². The number of piperazine rings is 1. The van der Waals surface area contributed by atoms with Gasteiger partial charge in [-0.25, -0.2) is 8.42 Å². The van der Waals surface area contributed by atoms with Crippen LogP contribution in [0.3, 0.4) is 0 Å².